The molecule has 1 saturated heterocycles. The topological polar surface area (TPSA) is 87.0 Å². The summed E-state index contributed by atoms with van der Waals surface area (Å²) in [5, 5.41) is 5.88. The van der Waals surface area contributed by atoms with Crippen LogP contribution in [0, 0.1) is 0 Å². The Balaban J connectivity index is 1.23. The largest absolute Gasteiger partial charge is 0.497 e. The highest BCUT2D eigenvalue weighted by Gasteiger charge is 2.23. The van der Waals surface area contributed by atoms with Crippen molar-refractivity contribution in [1.29, 1.82) is 0 Å². The molecule has 180 valence electrons. The molecule has 8 nitrogen and oxygen atoms in total. The third-order valence-electron chi connectivity index (χ3n) is 5.57. The second-order valence-electron chi connectivity index (χ2n) is 7.85. The summed E-state index contributed by atoms with van der Waals surface area (Å²) >= 11 is 5.26. The number of thiocarbonyl (C=S) groups is 1. The van der Waals surface area contributed by atoms with Crippen LogP contribution in [-0.2, 0) is 4.79 Å². The number of hydrogen-bond acceptors (Lipinski definition) is 6. The van der Waals surface area contributed by atoms with E-state index in [4.69, 9.17) is 21.4 Å². The predicted octanol–water partition coefficient (Wildman–Crippen LogP) is 3.78. The Morgan fingerprint density at radius 3 is 2.34 bits per heavy atom. The molecule has 9 heteroatoms. The van der Waals surface area contributed by atoms with Gasteiger partial charge < -0.3 is 24.3 Å². The van der Waals surface area contributed by atoms with Crippen molar-refractivity contribution in [3.05, 3.63) is 84.3 Å². The zero-order valence-corrected chi connectivity index (χ0v) is 20.1. The van der Waals surface area contributed by atoms with Gasteiger partial charge in [0.05, 0.1) is 13.4 Å². The molecule has 0 spiro atoms. The van der Waals surface area contributed by atoms with Crippen LogP contribution in [0.25, 0.3) is 6.08 Å². The van der Waals surface area contributed by atoms with Crippen LogP contribution in [0.1, 0.15) is 16.1 Å². The van der Waals surface area contributed by atoms with Gasteiger partial charge in [0.15, 0.2) is 10.9 Å². The van der Waals surface area contributed by atoms with Crippen LogP contribution in [0.4, 0.5) is 11.4 Å². The van der Waals surface area contributed by atoms with E-state index in [2.05, 4.69) is 15.5 Å². The average molecular weight is 491 g/mol. The number of piperazine rings is 1. The minimum atomic E-state index is -0.322. The molecule has 1 aromatic heterocycles. The summed E-state index contributed by atoms with van der Waals surface area (Å²) in [5.74, 6) is 0.721. The Labute approximate surface area is 209 Å². The maximum absolute atomic E-state index is 12.4. The molecule has 1 aliphatic rings. The van der Waals surface area contributed by atoms with Gasteiger partial charge in [-0.15, -0.1) is 0 Å². The third kappa shape index (κ3) is 6.48. The Kier molecular flexibility index (Phi) is 7.79. The molecule has 0 aliphatic carbocycles. The first-order chi connectivity index (χ1) is 17.0. The van der Waals surface area contributed by atoms with Crippen LogP contribution in [0.15, 0.2) is 77.4 Å². The van der Waals surface area contributed by atoms with Gasteiger partial charge in [0.2, 0.25) is 5.91 Å². The molecule has 0 bridgehead atoms. The summed E-state index contributed by atoms with van der Waals surface area (Å²) in [6, 6.07) is 18.6. The van der Waals surface area contributed by atoms with Gasteiger partial charge in [-0.25, -0.2) is 0 Å². The summed E-state index contributed by atoms with van der Waals surface area (Å²) < 4.78 is 10.3. The lowest BCUT2D eigenvalue weighted by molar-refractivity contribution is -0.115. The molecule has 0 saturated carbocycles. The van der Waals surface area contributed by atoms with Gasteiger partial charge in [-0.3, -0.25) is 14.9 Å². The number of anilines is 2. The van der Waals surface area contributed by atoms with E-state index in [0.29, 0.717) is 18.8 Å². The van der Waals surface area contributed by atoms with Gasteiger partial charge in [-0.05, 0) is 72.4 Å². The smallest absolute Gasteiger partial charge is 0.289 e. The van der Waals surface area contributed by atoms with Crippen LogP contribution in [0.3, 0.4) is 0 Å². The first kappa shape index (κ1) is 24.0. The van der Waals surface area contributed by atoms with Crippen molar-refractivity contribution in [3.8, 4) is 5.75 Å². The van der Waals surface area contributed by atoms with Crippen molar-refractivity contribution < 1.29 is 18.7 Å². The molecular weight excluding hydrogens is 464 g/mol. The third-order valence-corrected chi connectivity index (χ3v) is 5.77. The first-order valence-corrected chi connectivity index (χ1v) is 11.5. The van der Waals surface area contributed by atoms with E-state index in [0.717, 1.165) is 35.8 Å². The summed E-state index contributed by atoms with van der Waals surface area (Å²) in [4.78, 5) is 28.6. The van der Waals surface area contributed by atoms with Crippen LogP contribution in [0.5, 0.6) is 5.75 Å². The maximum atomic E-state index is 12.4. The van der Waals surface area contributed by atoms with Crippen molar-refractivity contribution in [1.82, 2.24) is 10.2 Å². The predicted molar refractivity (Wildman–Crippen MR) is 140 cm³/mol. The van der Waals surface area contributed by atoms with Crippen molar-refractivity contribution in [2.75, 3.05) is 43.5 Å². The van der Waals surface area contributed by atoms with E-state index < -0.39 is 0 Å². The number of furan rings is 1. The number of nitrogens with zero attached hydrogens (tertiary/aromatic N) is 2. The quantitative estimate of drug-likeness (QED) is 0.402. The Bertz CT molecular complexity index is 1180. The lowest BCUT2D eigenvalue weighted by Gasteiger charge is -2.35. The van der Waals surface area contributed by atoms with Gasteiger partial charge in [-0.2, -0.15) is 0 Å². The molecule has 35 heavy (non-hydrogen) atoms. The Morgan fingerprint density at radius 1 is 1.00 bits per heavy atom. The van der Waals surface area contributed by atoms with Crippen LogP contribution in [-0.4, -0.2) is 55.1 Å². The molecule has 2 amide bonds. The van der Waals surface area contributed by atoms with E-state index in [1.165, 1.54) is 12.3 Å². The molecule has 1 fully saturated rings. The number of amides is 2. The molecule has 0 atom stereocenters. The highest BCUT2D eigenvalue weighted by molar-refractivity contribution is 7.80. The van der Waals surface area contributed by atoms with Crippen molar-refractivity contribution in [2.24, 2.45) is 0 Å². The number of nitrogens with one attached hydrogen (secondary N) is 2. The summed E-state index contributed by atoms with van der Waals surface area (Å²) in [6.45, 7) is 2.71. The SMILES string of the molecule is COc1ccc(/C=C/C(=O)NC(=S)Nc2ccc(N3CCN(C(=O)c4ccco4)CC3)cc2)cc1. The molecule has 0 radical (unpaired) electrons. The molecule has 2 aromatic carbocycles. The number of carbonyl (C=O) groups excluding carboxylic acids is 2. The fourth-order valence-corrected chi connectivity index (χ4v) is 3.90. The van der Waals surface area contributed by atoms with E-state index in [1.807, 2.05) is 48.5 Å². The molecule has 1 aliphatic heterocycles. The number of ether oxygens (including phenoxy) is 1. The zero-order valence-electron chi connectivity index (χ0n) is 19.3. The Hall–Kier alpha value is -4.11. The fourth-order valence-electron chi connectivity index (χ4n) is 3.68. The van der Waals surface area contributed by atoms with E-state index >= 15 is 0 Å². The summed E-state index contributed by atoms with van der Waals surface area (Å²) in [6.07, 6.45) is 4.64. The number of rotatable bonds is 6. The molecule has 0 unspecified atom stereocenters. The highest BCUT2D eigenvalue weighted by Crippen LogP contribution is 2.20. The summed E-state index contributed by atoms with van der Waals surface area (Å²) in [7, 11) is 1.61. The van der Waals surface area contributed by atoms with E-state index in [-0.39, 0.29) is 16.9 Å². The molecule has 3 aromatic rings. The number of carbonyl (C=O) groups is 2. The van der Waals surface area contributed by atoms with E-state index in [9.17, 15) is 9.59 Å². The normalized spacial score (nSPS) is 13.5. The van der Waals surface area contributed by atoms with Gasteiger partial charge >= 0.3 is 0 Å². The van der Waals surface area contributed by atoms with Gasteiger partial charge in [0.1, 0.15) is 5.75 Å². The molecular formula is C26H26N4O4S. The number of hydrogen-bond donors (Lipinski definition) is 2. The van der Waals surface area contributed by atoms with Crippen molar-refractivity contribution >= 4 is 46.6 Å². The lowest BCUT2D eigenvalue weighted by atomic mass is 10.2. The van der Waals surface area contributed by atoms with E-state index in [1.54, 1.807) is 30.2 Å². The highest BCUT2D eigenvalue weighted by atomic mass is 32.1. The van der Waals surface area contributed by atoms with Gasteiger partial charge in [-0.1, -0.05) is 12.1 Å². The first-order valence-electron chi connectivity index (χ1n) is 11.1. The van der Waals surface area contributed by atoms with Gasteiger partial charge in [0, 0.05) is 43.6 Å². The molecule has 4 rings (SSSR count). The van der Waals surface area contributed by atoms with Gasteiger partial charge in [0.25, 0.3) is 5.91 Å². The standard InChI is InChI=1S/C26H26N4O4S/c1-33-22-11-4-19(5-12-22)6-13-24(31)28-26(35)27-20-7-9-21(10-8-20)29-14-16-30(17-15-29)25(32)23-3-2-18-34-23/h2-13,18H,14-17H2,1H3,(H2,27,28,31,35)/b13-6+. The fraction of sp³-hybridized carbons (Fsp3) is 0.192. The minimum Gasteiger partial charge on any atom is -0.497 e. The summed E-state index contributed by atoms with van der Waals surface area (Å²) in [5.41, 5.74) is 2.70. The monoisotopic (exact) mass is 490 g/mol. The molecule has 2 heterocycles. The average Bonchev–Trinajstić information content (AvgIpc) is 3.43. The van der Waals surface area contributed by atoms with Crippen molar-refractivity contribution in [2.45, 2.75) is 0 Å². The van der Waals surface area contributed by atoms with Crippen LogP contribution < -0.4 is 20.3 Å². The lowest BCUT2D eigenvalue weighted by Crippen LogP contribution is -2.48. The van der Waals surface area contributed by atoms with Crippen LogP contribution in [0.2, 0.25) is 0 Å². The number of methoxy groups -OCH3 is 1. The van der Waals surface area contributed by atoms with Crippen molar-refractivity contribution in [3.63, 3.8) is 0 Å². The zero-order chi connectivity index (χ0) is 24.6. The minimum absolute atomic E-state index is 0.0800. The van der Waals surface area contributed by atoms with Crippen LogP contribution >= 0.6 is 12.2 Å². The second kappa shape index (κ2) is 11.3. The maximum Gasteiger partial charge on any atom is 0.289 e. The number of benzene rings is 2. The molecule has 2 N–H and O–H groups in total. The second-order valence-corrected chi connectivity index (χ2v) is 8.26. The Morgan fingerprint density at radius 2 is 1.71 bits per heavy atom.